The Morgan fingerprint density at radius 3 is 2.60 bits per heavy atom. The average Bonchev–Trinajstić information content (AvgIpc) is 2.97. The third-order valence-corrected chi connectivity index (χ3v) is 3.82. The highest BCUT2D eigenvalue weighted by Crippen LogP contribution is 2.44. The lowest BCUT2D eigenvalue weighted by Crippen LogP contribution is -2.43. The Labute approximate surface area is 93.4 Å². The third-order valence-electron chi connectivity index (χ3n) is 3.82. The quantitative estimate of drug-likeness (QED) is 0.701. The highest BCUT2D eigenvalue weighted by atomic mass is 15.1. The summed E-state index contributed by atoms with van der Waals surface area (Å²) in [7, 11) is 0. The van der Waals surface area contributed by atoms with Crippen LogP contribution in [-0.4, -0.2) is 37.1 Å². The predicted octanol–water partition coefficient (Wildman–Crippen LogP) is 1.47. The third kappa shape index (κ3) is 3.22. The number of likely N-dealkylation sites (tertiary alicyclic amines) is 1. The van der Waals surface area contributed by atoms with Gasteiger partial charge in [-0.25, -0.2) is 0 Å². The lowest BCUT2D eigenvalue weighted by molar-refractivity contribution is 0.213. The number of rotatable bonds is 4. The van der Waals surface area contributed by atoms with Crippen LogP contribution in [0.1, 0.15) is 32.6 Å². The number of nitrogens with zero attached hydrogens (tertiary/aromatic N) is 1. The lowest BCUT2D eigenvalue weighted by atomic mass is 10.0. The fourth-order valence-electron chi connectivity index (χ4n) is 2.21. The molecule has 0 bridgehead atoms. The van der Waals surface area contributed by atoms with Crippen LogP contribution in [0.15, 0.2) is 0 Å². The van der Waals surface area contributed by atoms with Crippen LogP contribution in [0.3, 0.4) is 0 Å². The second-order valence-corrected chi connectivity index (χ2v) is 5.45. The van der Waals surface area contributed by atoms with Crippen molar-refractivity contribution in [1.82, 2.24) is 10.2 Å². The molecular weight excluding hydrogens is 184 g/mol. The van der Waals surface area contributed by atoms with Crippen molar-refractivity contribution in [3.05, 3.63) is 0 Å². The topological polar surface area (TPSA) is 15.3 Å². The molecule has 0 spiro atoms. The fraction of sp³-hybridized carbons (Fsp3) is 0.846. The molecular formula is C13H22N2. The first kappa shape index (κ1) is 11.0. The number of piperidine rings is 1. The highest BCUT2D eigenvalue weighted by molar-refractivity contribution is 4.93. The van der Waals surface area contributed by atoms with Crippen molar-refractivity contribution in [2.45, 2.75) is 38.6 Å². The SMILES string of the molecule is C#CCN1CCC(NCC2(C)CC2)CC1. The van der Waals surface area contributed by atoms with Crippen molar-refractivity contribution in [2.24, 2.45) is 5.41 Å². The standard InChI is InChI=1S/C13H22N2/c1-3-8-15-9-4-12(5-10-15)14-11-13(2)6-7-13/h1,12,14H,4-11H2,2H3. The molecule has 0 unspecified atom stereocenters. The van der Waals surface area contributed by atoms with E-state index in [1.165, 1.54) is 45.3 Å². The smallest absolute Gasteiger partial charge is 0.0598 e. The summed E-state index contributed by atoms with van der Waals surface area (Å²) in [6, 6.07) is 0.733. The molecule has 0 aromatic carbocycles. The van der Waals surface area contributed by atoms with E-state index in [9.17, 15) is 0 Å². The second kappa shape index (κ2) is 4.55. The fourth-order valence-corrected chi connectivity index (χ4v) is 2.21. The van der Waals surface area contributed by atoms with Gasteiger partial charge in [-0.05, 0) is 31.1 Å². The molecule has 2 heteroatoms. The van der Waals surface area contributed by atoms with Crippen molar-refractivity contribution in [3.63, 3.8) is 0 Å². The number of hydrogen-bond donors (Lipinski definition) is 1. The zero-order valence-corrected chi connectivity index (χ0v) is 9.76. The molecule has 2 fully saturated rings. The van der Waals surface area contributed by atoms with Crippen molar-refractivity contribution in [3.8, 4) is 12.3 Å². The molecule has 1 saturated heterocycles. The monoisotopic (exact) mass is 206 g/mol. The van der Waals surface area contributed by atoms with Gasteiger partial charge in [-0.2, -0.15) is 0 Å². The molecule has 1 heterocycles. The van der Waals surface area contributed by atoms with E-state index in [0.29, 0.717) is 5.41 Å². The Morgan fingerprint density at radius 2 is 2.07 bits per heavy atom. The van der Waals surface area contributed by atoms with Gasteiger partial charge in [-0.3, -0.25) is 4.90 Å². The van der Waals surface area contributed by atoms with Crippen LogP contribution in [-0.2, 0) is 0 Å². The first-order chi connectivity index (χ1) is 7.22. The summed E-state index contributed by atoms with van der Waals surface area (Å²) in [5, 5.41) is 3.71. The summed E-state index contributed by atoms with van der Waals surface area (Å²) >= 11 is 0. The van der Waals surface area contributed by atoms with Crippen LogP contribution < -0.4 is 5.32 Å². The van der Waals surface area contributed by atoms with Gasteiger partial charge in [0.25, 0.3) is 0 Å². The molecule has 2 rings (SSSR count). The number of nitrogens with one attached hydrogen (secondary N) is 1. The number of terminal acetylenes is 1. The zero-order chi connectivity index (χ0) is 10.7. The maximum absolute atomic E-state index is 5.31. The van der Waals surface area contributed by atoms with E-state index in [2.05, 4.69) is 23.1 Å². The molecule has 1 aliphatic carbocycles. The van der Waals surface area contributed by atoms with Crippen molar-refractivity contribution >= 4 is 0 Å². The van der Waals surface area contributed by atoms with Crippen LogP contribution in [0.25, 0.3) is 0 Å². The van der Waals surface area contributed by atoms with Gasteiger partial charge in [0, 0.05) is 25.7 Å². The second-order valence-electron chi connectivity index (χ2n) is 5.45. The minimum absolute atomic E-state index is 0.635. The van der Waals surface area contributed by atoms with Crippen molar-refractivity contribution in [1.29, 1.82) is 0 Å². The van der Waals surface area contributed by atoms with E-state index in [-0.39, 0.29) is 0 Å². The van der Waals surface area contributed by atoms with E-state index >= 15 is 0 Å². The van der Waals surface area contributed by atoms with E-state index in [1.54, 1.807) is 0 Å². The lowest BCUT2D eigenvalue weighted by Gasteiger charge is -2.31. The Kier molecular flexibility index (Phi) is 3.33. The molecule has 0 atom stereocenters. The van der Waals surface area contributed by atoms with E-state index in [0.717, 1.165) is 12.6 Å². The molecule has 2 aliphatic rings. The largest absolute Gasteiger partial charge is 0.313 e. The van der Waals surface area contributed by atoms with Gasteiger partial charge in [0.1, 0.15) is 0 Å². The van der Waals surface area contributed by atoms with Crippen LogP contribution >= 0.6 is 0 Å². The average molecular weight is 206 g/mol. The van der Waals surface area contributed by atoms with Crippen LogP contribution in [0, 0.1) is 17.8 Å². The summed E-state index contributed by atoms with van der Waals surface area (Å²) in [6.07, 6.45) is 10.7. The summed E-state index contributed by atoms with van der Waals surface area (Å²) in [4.78, 5) is 2.37. The van der Waals surface area contributed by atoms with E-state index in [4.69, 9.17) is 6.42 Å². The Balaban J connectivity index is 1.63. The highest BCUT2D eigenvalue weighted by Gasteiger charge is 2.37. The van der Waals surface area contributed by atoms with Gasteiger partial charge in [-0.15, -0.1) is 6.42 Å². The Hall–Kier alpha value is -0.520. The molecule has 0 aromatic heterocycles. The van der Waals surface area contributed by atoms with Crippen molar-refractivity contribution in [2.75, 3.05) is 26.2 Å². The maximum atomic E-state index is 5.31. The number of hydrogen-bond acceptors (Lipinski definition) is 2. The van der Waals surface area contributed by atoms with Gasteiger partial charge in [0.2, 0.25) is 0 Å². The molecule has 84 valence electrons. The van der Waals surface area contributed by atoms with Crippen LogP contribution in [0.4, 0.5) is 0 Å². The minimum atomic E-state index is 0.635. The molecule has 1 aliphatic heterocycles. The normalized spacial score (nSPS) is 26.1. The first-order valence-corrected chi connectivity index (χ1v) is 6.11. The van der Waals surface area contributed by atoms with Gasteiger partial charge in [-0.1, -0.05) is 12.8 Å². The predicted molar refractivity (Wildman–Crippen MR) is 63.6 cm³/mol. The molecule has 0 aromatic rings. The van der Waals surface area contributed by atoms with Gasteiger partial charge >= 0.3 is 0 Å². The van der Waals surface area contributed by atoms with Crippen LogP contribution in [0.5, 0.6) is 0 Å². The summed E-state index contributed by atoms with van der Waals surface area (Å²) in [5.41, 5.74) is 0.635. The Morgan fingerprint density at radius 1 is 1.40 bits per heavy atom. The first-order valence-electron chi connectivity index (χ1n) is 6.11. The van der Waals surface area contributed by atoms with Gasteiger partial charge < -0.3 is 5.32 Å². The molecule has 0 radical (unpaired) electrons. The Bertz CT molecular complexity index is 242. The van der Waals surface area contributed by atoms with E-state index in [1.807, 2.05) is 0 Å². The summed E-state index contributed by atoms with van der Waals surface area (Å²) in [6.45, 7) is 6.75. The van der Waals surface area contributed by atoms with Crippen molar-refractivity contribution < 1.29 is 0 Å². The minimum Gasteiger partial charge on any atom is -0.313 e. The van der Waals surface area contributed by atoms with Gasteiger partial charge in [0.05, 0.1) is 6.54 Å². The summed E-state index contributed by atoms with van der Waals surface area (Å²) in [5.74, 6) is 2.72. The molecule has 0 amide bonds. The zero-order valence-electron chi connectivity index (χ0n) is 9.76. The summed E-state index contributed by atoms with van der Waals surface area (Å²) < 4.78 is 0. The van der Waals surface area contributed by atoms with Crippen LogP contribution in [0.2, 0.25) is 0 Å². The molecule has 1 saturated carbocycles. The van der Waals surface area contributed by atoms with E-state index < -0.39 is 0 Å². The maximum Gasteiger partial charge on any atom is 0.0598 e. The molecule has 1 N–H and O–H groups in total. The molecule has 2 nitrogen and oxygen atoms in total. The molecule has 15 heavy (non-hydrogen) atoms. The van der Waals surface area contributed by atoms with Gasteiger partial charge in [0.15, 0.2) is 0 Å².